The van der Waals surface area contributed by atoms with Gasteiger partial charge < -0.3 is 10.8 Å². The second kappa shape index (κ2) is 5.41. The zero-order chi connectivity index (χ0) is 11.3. The molecule has 0 saturated carbocycles. The summed E-state index contributed by atoms with van der Waals surface area (Å²) in [5.74, 6) is -1.08. The Morgan fingerprint density at radius 2 is 2.40 bits per heavy atom. The lowest BCUT2D eigenvalue weighted by Crippen LogP contribution is -2.33. The molecule has 1 unspecified atom stereocenters. The standard InChI is InChI=1S/C10H13FN2O2/c11-4-3-7-2-1-5-13-9(7)6-8(12)10(14)15/h1-2,5,8H,3-4,6,12H2,(H,14,15)/i11-1. The number of aryl methyl sites for hydroxylation is 1. The number of nitrogens with two attached hydrogens (primary N) is 1. The molecule has 0 spiro atoms. The third-order valence-corrected chi connectivity index (χ3v) is 2.08. The van der Waals surface area contributed by atoms with Crippen molar-refractivity contribution in [2.45, 2.75) is 18.9 Å². The van der Waals surface area contributed by atoms with Gasteiger partial charge in [-0.05, 0) is 11.6 Å². The third-order valence-electron chi connectivity index (χ3n) is 2.08. The van der Waals surface area contributed by atoms with Gasteiger partial charge in [0.25, 0.3) is 0 Å². The van der Waals surface area contributed by atoms with Gasteiger partial charge >= 0.3 is 5.97 Å². The summed E-state index contributed by atoms with van der Waals surface area (Å²) in [6, 6.07) is 2.44. The van der Waals surface area contributed by atoms with Gasteiger partial charge in [0.05, 0.1) is 6.67 Å². The van der Waals surface area contributed by atoms with Crippen molar-refractivity contribution in [2.24, 2.45) is 5.73 Å². The number of aromatic nitrogens is 1. The van der Waals surface area contributed by atoms with Crippen molar-refractivity contribution in [3.63, 3.8) is 0 Å². The molecule has 1 atom stereocenters. The Hall–Kier alpha value is -1.49. The third kappa shape index (κ3) is 3.28. The molecule has 3 N–H and O–H groups in total. The highest BCUT2D eigenvalue weighted by atomic mass is 18.2. The number of rotatable bonds is 5. The van der Waals surface area contributed by atoms with E-state index in [9.17, 15) is 9.18 Å². The lowest BCUT2D eigenvalue weighted by molar-refractivity contribution is -0.138. The van der Waals surface area contributed by atoms with E-state index < -0.39 is 18.7 Å². The minimum atomic E-state index is -1.08. The molecule has 1 rings (SSSR count). The summed E-state index contributed by atoms with van der Waals surface area (Å²) in [5.41, 5.74) is 6.66. The van der Waals surface area contributed by atoms with Crippen LogP contribution in [0.2, 0.25) is 0 Å². The van der Waals surface area contributed by atoms with E-state index >= 15 is 0 Å². The average Bonchev–Trinajstić information content (AvgIpc) is 2.21. The molecule has 0 amide bonds. The van der Waals surface area contributed by atoms with Crippen molar-refractivity contribution in [2.75, 3.05) is 6.67 Å². The summed E-state index contributed by atoms with van der Waals surface area (Å²) in [6.07, 6.45) is 1.92. The number of pyridine rings is 1. The maximum Gasteiger partial charge on any atom is 0.320 e. The zero-order valence-corrected chi connectivity index (χ0v) is 8.19. The fraction of sp³-hybridized carbons (Fsp3) is 0.400. The predicted octanol–water partition coefficient (Wildman–Crippen LogP) is 0.548. The monoisotopic (exact) mass is 211 g/mol. The van der Waals surface area contributed by atoms with Crippen LogP contribution in [0.15, 0.2) is 18.3 Å². The highest BCUT2D eigenvalue weighted by Gasteiger charge is 2.14. The first-order valence-electron chi connectivity index (χ1n) is 4.62. The van der Waals surface area contributed by atoms with Crippen molar-refractivity contribution in [3.05, 3.63) is 29.6 Å². The Kier molecular flexibility index (Phi) is 4.17. The number of carboxylic acids is 1. The van der Waals surface area contributed by atoms with E-state index in [1.54, 1.807) is 18.3 Å². The summed E-state index contributed by atoms with van der Waals surface area (Å²) in [7, 11) is 0. The number of nitrogens with zero attached hydrogens (tertiary/aromatic N) is 1. The SMILES string of the molecule is NC(Cc1ncccc1CC[18F])C(=O)O. The lowest BCUT2D eigenvalue weighted by Gasteiger charge is -2.09. The van der Waals surface area contributed by atoms with Gasteiger partial charge in [-0.15, -0.1) is 0 Å². The van der Waals surface area contributed by atoms with Crippen LogP contribution in [-0.2, 0) is 17.6 Å². The van der Waals surface area contributed by atoms with Crippen molar-refractivity contribution in [1.29, 1.82) is 0 Å². The summed E-state index contributed by atoms with van der Waals surface area (Å²) in [5, 5.41) is 8.64. The predicted molar refractivity (Wildman–Crippen MR) is 53.2 cm³/mol. The average molecular weight is 211 g/mol. The van der Waals surface area contributed by atoms with Crippen molar-refractivity contribution in [1.82, 2.24) is 4.98 Å². The van der Waals surface area contributed by atoms with Crippen LogP contribution in [0, 0.1) is 0 Å². The number of hydrogen-bond donors (Lipinski definition) is 2. The fourth-order valence-electron chi connectivity index (χ4n) is 1.28. The summed E-state index contributed by atoms with van der Waals surface area (Å²) < 4.78 is 12.2. The van der Waals surface area contributed by atoms with Gasteiger partial charge in [-0.1, -0.05) is 6.07 Å². The van der Waals surface area contributed by atoms with Gasteiger partial charge in [-0.25, -0.2) is 0 Å². The van der Waals surface area contributed by atoms with Crippen molar-refractivity contribution < 1.29 is 14.3 Å². The minimum absolute atomic E-state index is 0.130. The van der Waals surface area contributed by atoms with Crippen molar-refractivity contribution >= 4 is 5.97 Å². The molecule has 1 heterocycles. The smallest absolute Gasteiger partial charge is 0.320 e. The Labute approximate surface area is 86.9 Å². The van der Waals surface area contributed by atoms with Crippen LogP contribution in [0.4, 0.5) is 4.39 Å². The van der Waals surface area contributed by atoms with E-state index in [-0.39, 0.29) is 12.8 Å². The lowest BCUT2D eigenvalue weighted by atomic mass is 10.0. The van der Waals surface area contributed by atoms with Crippen LogP contribution in [0.1, 0.15) is 11.3 Å². The molecular formula is C10H13FN2O2. The van der Waals surface area contributed by atoms with Gasteiger partial charge in [0.15, 0.2) is 0 Å². The van der Waals surface area contributed by atoms with Gasteiger partial charge in [0.2, 0.25) is 0 Å². The topological polar surface area (TPSA) is 76.2 Å². The van der Waals surface area contributed by atoms with Crippen LogP contribution in [0.5, 0.6) is 0 Å². The van der Waals surface area contributed by atoms with Crippen LogP contribution in [-0.4, -0.2) is 28.8 Å². The molecular weight excluding hydrogens is 198 g/mol. The molecule has 0 fully saturated rings. The molecule has 0 aliphatic carbocycles. The quantitative estimate of drug-likeness (QED) is 0.745. The fourth-order valence-corrected chi connectivity index (χ4v) is 1.28. The van der Waals surface area contributed by atoms with Gasteiger partial charge in [-0.3, -0.25) is 14.2 Å². The van der Waals surface area contributed by atoms with E-state index in [2.05, 4.69) is 4.98 Å². The summed E-state index contributed by atoms with van der Waals surface area (Å²) in [4.78, 5) is 14.6. The molecule has 0 saturated heterocycles. The van der Waals surface area contributed by atoms with Crippen LogP contribution in [0.25, 0.3) is 0 Å². The molecule has 0 bridgehead atoms. The van der Waals surface area contributed by atoms with Gasteiger partial charge in [-0.2, -0.15) is 0 Å². The van der Waals surface area contributed by atoms with E-state index in [0.717, 1.165) is 5.56 Å². The number of carbonyl (C=O) groups is 1. The van der Waals surface area contributed by atoms with Crippen LogP contribution < -0.4 is 5.73 Å². The Morgan fingerprint density at radius 3 is 3.00 bits per heavy atom. The summed E-state index contributed by atoms with van der Waals surface area (Å²) in [6.45, 7) is -0.485. The second-order valence-corrected chi connectivity index (χ2v) is 3.20. The molecule has 15 heavy (non-hydrogen) atoms. The summed E-state index contributed by atoms with van der Waals surface area (Å²) >= 11 is 0. The van der Waals surface area contributed by atoms with E-state index in [4.69, 9.17) is 10.8 Å². The van der Waals surface area contributed by atoms with E-state index in [0.29, 0.717) is 5.69 Å². The maximum atomic E-state index is 12.2. The number of carboxylic acid groups (broad SMARTS) is 1. The largest absolute Gasteiger partial charge is 0.480 e. The molecule has 0 aliphatic rings. The second-order valence-electron chi connectivity index (χ2n) is 3.20. The Balaban J connectivity index is 2.79. The normalized spacial score (nSPS) is 12.4. The first-order valence-corrected chi connectivity index (χ1v) is 4.62. The van der Waals surface area contributed by atoms with Crippen LogP contribution >= 0.6 is 0 Å². The molecule has 5 heteroatoms. The first kappa shape index (κ1) is 11.6. The highest BCUT2D eigenvalue weighted by molar-refractivity contribution is 5.73. The van der Waals surface area contributed by atoms with E-state index in [1.807, 2.05) is 0 Å². The molecule has 82 valence electrons. The van der Waals surface area contributed by atoms with E-state index in [1.165, 1.54) is 0 Å². The zero-order valence-electron chi connectivity index (χ0n) is 8.19. The van der Waals surface area contributed by atoms with Crippen LogP contribution in [0.3, 0.4) is 0 Å². The number of hydrogen-bond acceptors (Lipinski definition) is 3. The Morgan fingerprint density at radius 1 is 1.67 bits per heavy atom. The minimum Gasteiger partial charge on any atom is -0.480 e. The molecule has 1 aromatic heterocycles. The van der Waals surface area contributed by atoms with Gasteiger partial charge in [0.1, 0.15) is 6.04 Å². The molecule has 4 nitrogen and oxygen atoms in total. The maximum absolute atomic E-state index is 12.2. The number of alkyl halides is 1. The number of aliphatic carboxylic acids is 1. The molecule has 0 aliphatic heterocycles. The van der Waals surface area contributed by atoms with Crippen molar-refractivity contribution in [3.8, 4) is 0 Å². The Bertz CT molecular complexity index is 344. The number of halogens is 1. The molecule has 0 aromatic carbocycles. The molecule has 0 radical (unpaired) electrons. The first-order chi connectivity index (χ1) is 7.15. The molecule has 1 aromatic rings. The van der Waals surface area contributed by atoms with Gasteiger partial charge in [0, 0.05) is 24.7 Å². The highest BCUT2D eigenvalue weighted by Crippen LogP contribution is 2.08.